The fourth-order valence-electron chi connectivity index (χ4n) is 3.60. The number of Topliss-reactive ketones (excluding diaryl/α,β-unsaturated/α-hetero) is 1. The first kappa shape index (κ1) is 17.9. The van der Waals surface area contributed by atoms with Crippen molar-refractivity contribution in [1.82, 2.24) is 0 Å². The van der Waals surface area contributed by atoms with Crippen LogP contribution in [0.3, 0.4) is 0 Å². The molecule has 0 aromatic carbocycles. The lowest BCUT2D eigenvalue weighted by Crippen LogP contribution is -2.38. The molecule has 4 atom stereocenters. The highest BCUT2D eigenvalue weighted by Crippen LogP contribution is 2.39. The maximum atomic E-state index is 12.5. The molecule has 1 saturated carbocycles. The van der Waals surface area contributed by atoms with Gasteiger partial charge in [0.2, 0.25) is 0 Å². The number of aliphatic hydroxyl groups excluding tert-OH is 3. The van der Waals surface area contributed by atoms with E-state index >= 15 is 0 Å². The zero-order valence-electron chi connectivity index (χ0n) is 13.9. The maximum Gasteiger partial charge on any atom is 0.168 e. The van der Waals surface area contributed by atoms with E-state index in [2.05, 4.69) is 5.16 Å². The van der Waals surface area contributed by atoms with E-state index in [-0.39, 0.29) is 23.4 Å². The summed E-state index contributed by atoms with van der Waals surface area (Å²) in [5.41, 5.74) is 0.792. The normalized spacial score (nSPS) is 33.0. The van der Waals surface area contributed by atoms with Gasteiger partial charge in [0.15, 0.2) is 5.78 Å². The van der Waals surface area contributed by atoms with Gasteiger partial charge >= 0.3 is 0 Å². The molecule has 0 amide bonds. The first-order valence-corrected chi connectivity index (χ1v) is 8.48. The number of allylic oxidation sites excluding steroid dienone is 2. The van der Waals surface area contributed by atoms with Crippen molar-refractivity contribution in [2.24, 2.45) is 17.0 Å². The quantitative estimate of drug-likeness (QED) is 0.531. The molecule has 4 unspecified atom stereocenters. The maximum absolute atomic E-state index is 12.5. The summed E-state index contributed by atoms with van der Waals surface area (Å²) < 4.78 is 0. The summed E-state index contributed by atoms with van der Waals surface area (Å²) >= 11 is 0. The third-order valence-corrected chi connectivity index (χ3v) is 4.89. The average Bonchev–Trinajstić information content (AvgIpc) is 2.52. The fourth-order valence-corrected chi connectivity index (χ4v) is 3.60. The number of nitrogens with zero attached hydrogens (tertiary/aromatic N) is 1. The Balaban J connectivity index is 2.13. The van der Waals surface area contributed by atoms with Crippen molar-refractivity contribution in [3.05, 3.63) is 11.3 Å². The monoisotopic (exact) mass is 325 g/mol. The standard InChI is InChI=1S/C17H27NO5/c1-3-12(18-23-4-2)17-15(21)8-11(9-16(17)22)10-5-6-13(19)14(20)7-10/h10-11,13-14,19-21H,3-9H2,1-2H3/b18-12-. The van der Waals surface area contributed by atoms with Crippen molar-refractivity contribution in [1.29, 1.82) is 0 Å². The summed E-state index contributed by atoms with van der Waals surface area (Å²) in [4.78, 5) is 17.5. The Labute approximate surface area is 136 Å². The number of ketones is 1. The topological polar surface area (TPSA) is 99.3 Å². The van der Waals surface area contributed by atoms with E-state index in [1.807, 2.05) is 13.8 Å². The van der Waals surface area contributed by atoms with E-state index in [1.54, 1.807) is 0 Å². The van der Waals surface area contributed by atoms with Crippen molar-refractivity contribution in [3.63, 3.8) is 0 Å². The van der Waals surface area contributed by atoms with Gasteiger partial charge in [0.25, 0.3) is 0 Å². The second-order valence-electron chi connectivity index (χ2n) is 6.43. The summed E-state index contributed by atoms with van der Waals surface area (Å²) in [6, 6.07) is 0. The van der Waals surface area contributed by atoms with Gasteiger partial charge in [0, 0.05) is 12.8 Å². The Hall–Kier alpha value is -1.40. The highest BCUT2D eigenvalue weighted by Gasteiger charge is 2.38. The fraction of sp³-hybridized carbons (Fsp3) is 0.765. The van der Waals surface area contributed by atoms with Gasteiger partial charge in [-0.2, -0.15) is 0 Å². The van der Waals surface area contributed by atoms with Gasteiger partial charge in [-0.05, 0) is 44.4 Å². The van der Waals surface area contributed by atoms with Crippen molar-refractivity contribution in [2.75, 3.05) is 6.61 Å². The summed E-state index contributed by atoms with van der Waals surface area (Å²) in [7, 11) is 0. The number of oxime groups is 1. The smallest absolute Gasteiger partial charge is 0.168 e. The van der Waals surface area contributed by atoms with Crippen LogP contribution in [0.2, 0.25) is 0 Å². The molecule has 2 rings (SSSR count). The molecule has 6 nitrogen and oxygen atoms in total. The zero-order chi connectivity index (χ0) is 17.0. The van der Waals surface area contributed by atoms with Crippen LogP contribution >= 0.6 is 0 Å². The molecule has 3 N–H and O–H groups in total. The van der Waals surface area contributed by atoms with Gasteiger partial charge in [0.05, 0.1) is 23.5 Å². The van der Waals surface area contributed by atoms with Crippen molar-refractivity contribution in [2.45, 2.75) is 64.6 Å². The van der Waals surface area contributed by atoms with E-state index in [9.17, 15) is 20.1 Å². The van der Waals surface area contributed by atoms with Crippen LogP contribution in [0.25, 0.3) is 0 Å². The molecule has 1 fully saturated rings. The molecule has 6 heteroatoms. The highest BCUT2D eigenvalue weighted by molar-refractivity contribution is 6.22. The Morgan fingerprint density at radius 2 is 1.91 bits per heavy atom. The molecule has 130 valence electrons. The van der Waals surface area contributed by atoms with Crippen LogP contribution < -0.4 is 0 Å². The minimum atomic E-state index is -0.734. The highest BCUT2D eigenvalue weighted by atomic mass is 16.6. The van der Waals surface area contributed by atoms with Crippen LogP contribution in [0.5, 0.6) is 0 Å². The third-order valence-electron chi connectivity index (χ3n) is 4.89. The molecular weight excluding hydrogens is 298 g/mol. The number of carbonyl (C=O) groups excluding carboxylic acids is 1. The van der Waals surface area contributed by atoms with Crippen LogP contribution in [-0.4, -0.2) is 45.6 Å². The number of rotatable bonds is 5. The summed E-state index contributed by atoms with van der Waals surface area (Å²) in [5, 5.41) is 33.8. The van der Waals surface area contributed by atoms with E-state index < -0.39 is 12.2 Å². The van der Waals surface area contributed by atoms with Crippen LogP contribution in [-0.2, 0) is 9.63 Å². The zero-order valence-corrected chi connectivity index (χ0v) is 13.9. The van der Waals surface area contributed by atoms with Crippen molar-refractivity contribution in [3.8, 4) is 0 Å². The van der Waals surface area contributed by atoms with Crippen LogP contribution in [0.4, 0.5) is 0 Å². The molecule has 0 bridgehead atoms. The Morgan fingerprint density at radius 1 is 1.17 bits per heavy atom. The first-order valence-electron chi connectivity index (χ1n) is 8.48. The minimum Gasteiger partial charge on any atom is -0.511 e. The SMILES string of the molecule is CCO/N=C(/CC)C1=C(O)CC(C2CCC(O)C(O)C2)CC1=O. The van der Waals surface area contributed by atoms with Crippen molar-refractivity contribution >= 4 is 11.5 Å². The predicted octanol–water partition coefficient (Wildman–Crippen LogP) is 2.10. The predicted molar refractivity (Wildman–Crippen MR) is 86.1 cm³/mol. The molecule has 0 aromatic heterocycles. The van der Waals surface area contributed by atoms with E-state index in [4.69, 9.17) is 4.84 Å². The summed E-state index contributed by atoms with van der Waals surface area (Å²) in [5.74, 6) is 0.125. The van der Waals surface area contributed by atoms with Crippen LogP contribution in [0.1, 0.15) is 52.4 Å². The summed E-state index contributed by atoms with van der Waals surface area (Å²) in [6.07, 6.45) is 1.67. The lowest BCUT2D eigenvalue weighted by molar-refractivity contribution is -0.118. The molecule has 0 spiro atoms. The van der Waals surface area contributed by atoms with Gasteiger partial charge in [-0.15, -0.1) is 0 Å². The van der Waals surface area contributed by atoms with Gasteiger partial charge in [-0.3, -0.25) is 4.79 Å². The van der Waals surface area contributed by atoms with E-state index in [0.717, 1.165) is 6.42 Å². The second-order valence-corrected chi connectivity index (χ2v) is 6.43. The van der Waals surface area contributed by atoms with Gasteiger partial charge < -0.3 is 20.2 Å². The lowest BCUT2D eigenvalue weighted by atomic mass is 9.71. The Morgan fingerprint density at radius 3 is 2.48 bits per heavy atom. The van der Waals surface area contributed by atoms with Crippen molar-refractivity contribution < 1.29 is 25.0 Å². The number of aliphatic hydroxyl groups is 3. The molecule has 0 heterocycles. The van der Waals surface area contributed by atoms with E-state index in [1.165, 1.54) is 0 Å². The van der Waals surface area contributed by atoms with Gasteiger partial charge in [-0.1, -0.05) is 12.1 Å². The molecule has 0 aliphatic heterocycles. The average molecular weight is 325 g/mol. The second kappa shape index (κ2) is 7.93. The van der Waals surface area contributed by atoms with Crippen LogP contribution in [0, 0.1) is 11.8 Å². The number of carbonyl (C=O) groups is 1. The molecule has 0 aromatic rings. The molecular formula is C17H27NO5. The van der Waals surface area contributed by atoms with Crippen LogP contribution in [0.15, 0.2) is 16.5 Å². The van der Waals surface area contributed by atoms with Gasteiger partial charge in [0.1, 0.15) is 12.4 Å². The number of hydrogen-bond acceptors (Lipinski definition) is 6. The molecule has 0 radical (unpaired) electrons. The Kier molecular flexibility index (Phi) is 6.18. The number of hydrogen-bond donors (Lipinski definition) is 3. The first-order chi connectivity index (χ1) is 11.0. The molecule has 2 aliphatic rings. The largest absolute Gasteiger partial charge is 0.511 e. The minimum absolute atomic E-state index is 0.0126. The molecule has 2 aliphatic carbocycles. The Bertz CT molecular complexity index is 499. The third kappa shape index (κ3) is 4.12. The summed E-state index contributed by atoms with van der Waals surface area (Å²) in [6.45, 7) is 4.10. The van der Waals surface area contributed by atoms with E-state index in [0.29, 0.717) is 50.0 Å². The molecule has 23 heavy (non-hydrogen) atoms. The van der Waals surface area contributed by atoms with Gasteiger partial charge in [-0.25, -0.2) is 0 Å². The molecule has 0 saturated heterocycles. The lowest BCUT2D eigenvalue weighted by Gasteiger charge is -2.36.